The van der Waals surface area contributed by atoms with E-state index in [-0.39, 0.29) is 0 Å². The maximum absolute atomic E-state index is 5.37. The van der Waals surface area contributed by atoms with Gasteiger partial charge in [-0.25, -0.2) is 0 Å². The molecule has 0 fully saturated rings. The number of hydrogen-bond acceptors (Lipinski definition) is 1. The minimum Gasteiger partial charge on any atom is -0.330 e. The van der Waals surface area contributed by atoms with Crippen LogP contribution in [0, 0.1) is 0 Å². The van der Waals surface area contributed by atoms with Crippen molar-refractivity contribution in [2.45, 2.75) is 39.5 Å². The summed E-state index contributed by atoms with van der Waals surface area (Å²) in [6.07, 6.45) is 7.09. The molecule has 0 rings (SSSR count). The first kappa shape index (κ1) is 9.70. The number of hydrogen-bond donors (Lipinski definition) is 1. The van der Waals surface area contributed by atoms with Gasteiger partial charge in [-0.2, -0.15) is 0 Å². The molecule has 0 aliphatic rings. The first-order valence-electron chi connectivity index (χ1n) is 4.17. The van der Waals surface area contributed by atoms with Gasteiger partial charge in [-0.05, 0) is 39.2 Å². The lowest BCUT2D eigenvalue weighted by molar-refractivity contribution is 0.737. The molecule has 0 atom stereocenters. The first-order valence-corrected chi connectivity index (χ1v) is 4.17. The van der Waals surface area contributed by atoms with Gasteiger partial charge in [0.25, 0.3) is 0 Å². The Hall–Kier alpha value is -0.300. The summed E-state index contributed by atoms with van der Waals surface area (Å²) in [5.74, 6) is 0. The molecule has 2 N–H and O–H groups in total. The van der Waals surface area contributed by atoms with Crippen LogP contribution in [0.1, 0.15) is 39.5 Å². The van der Waals surface area contributed by atoms with Gasteiger partial charge in [-0.15, -0.1) is 0 Å². The van der Waals surface area contributed by atoms with Crippen LogP contribution in [0.4, 0.5) is 0 Å². The molecule has 0 heterocycles. The van der Waals surface area contributed by atoms with E-state index in [9.17, 15) is 0 Å². The van der Waals surface area contributed by atoms with Crippen LogP contribution in [-0.4, -0.2) is 6.54 Å². The topological polar surface area (TPSA) is 26.0 Å². The molecular formula is C9H19N. The first-order chi connectivity index (χ1) is 4.81. The Bertz CT molecular complexity index is 94.9. The van der Waals surface area contributed by atoms with Crippen LogP contribution < -0.4 is 5.73 Å². The maximum atomic E-state index is 5.37. The molecule has 1 heteroatoms. The summed E-state index contributed by atoms with van der Waals surface area (Å²) in [4.78, 5) is 0. The Balaban J connectivity index is 3.21. The Morgan fingerprint density at radius 1 is 1.40 bits per heavy atom. The molecule has 0 radical (unpaired) electrons. The summed E-state index contributed by atoms with van der Waals surface area (Å²) < 4.78 is 0. The second-order valence-corrected chi connectivity index (χ2v) is 2.70. The highest BCUT2D eigenvalue weighted by Gasteiger charge is 1.87. The average molecular weight is 141 g/mol. The van der Waals surface area contributed by atoms with E-state index in [2.05, 4.69) is 19.9 Å². The van der Waals surface area contributed by atoms with Crippen LogP contribution in [0.2, 0.25) is 0 Å². The van der Waals surface area contributed by atoms with Crippen LogP contribution in [-0.2, 0) is 0 Å². The highest BCUT2D eigenvalue weighted by Crippen LogP contribution is 2.05. The summed E-state index contributed by atoms with van der Waals surface area (Å²) in [5.41, 5.74) is 6.88. The second-order valence-electron chi connectivity index (χ2n) is 2.70. The van der Waals surface area contributed by atoms with Crippen molar-refractivity contribution in [3.63, 3.8) is 0 Å². The molecule has 0 aromatic rings. The van der Waals surface area contributed by atoms with E-state index in [1.54, 1.807) is 0 Å². The van der Waals surface area contributed by atoms with Gasteiger partial charge in [-0.3, -0.25) is 0 Å². The van der Waals surface area contributed by atoms with Crippen molar-refractivity contribution in [1.82, 2.24) is 0 Å². The van der Waals surface area contributed by atoms with Crippen molar-refractivity contribution in [3.05, 3.63) is 11.6 Å². The molecule has 0 aromatic carbocycles. The third-order valence-electron chi connectivity index (χ3n) is 1.58. The zero-order valence-corrected chi connectivity index (χ0v) is 7.19. The summed E-state index contributed by atoms with van der Waals surface area (Å²) >= 11 is 0. The van der Waals surface area contributed by atoms with Gasteiger partial charge in [0.1, 0.15) is 0 Å². The van der Waals surface area contributed by atoms with E-state index < -0.39 is 0 Å². The number of rotatable bonds is 5. The van der Waals surface area contributed by atoms with Crippen molar-refractivity contribution in [2.75, 3.05) is 6.54 Å². The minimum atomic E-state index is 0.833. The van der Waals surface area contributed by atoms with Gasteiger partial charge in [0.05, 0.1) is 0 Å². The smallest absolute Gasteiger partial charge is 0.00772 e. The van der Waals surface area contributed by atoms with Crippen molar-refractivity contribution in [1.29, 1.82) is 0 Å². The summed E-state index contributed by atoms with van der Waals surface area (Å²) in [6, 6.07) is 0. The van der Waals surface area contributed by atoms with E-state index in [1.165, 1.54) is 18.4 Å². The third kappa shape index (κ3) is 5.83. The monoisotopic (exact) mass is 141 g/mol. The fourth-order valence-corrected chi connectivity index (χ4v) is 0.999. The predicted molar refractivity (Wildman–Crippen MR) is 47.0 cm³/mol. The van der Waals surface area contributed by atoms with Crippen LogP contribution >= 0.6 is 0 Å². The SMILES string of the molecule is CC/C=C(/C)CCCCN. The molecule has 1 nitrogen and oxygen atoms in total. The molecule has 0 aliphatic carbocycles. The van der Waals surface area contributed by atoms with Gasteiger partial charge >= 0.3 is 0 Å². The van der Waals surface area contributed by atoms with Crippen molar-refractivity contribution < 1.29 is 0 Å². The number of allylic oxidation sites excluding steroid dienone is 2. The Morgan fingerprint density at radius 2 is 2.10 bits per heavy atom. The van der Waals surface area contributed by atoms with Crippen LogP contribution in [0.15, 0.2) is 11.6 Å². The highest BCUT2D eigenvalue weighted by molar-refractivity contribution is 4.96. The molecule has 0 spiro atoms. The second kappa shape index (κ2) is 6.81. The van der Waals surface area contributed by atoms with Crippen molar-refractivity contribution in [3.8, 4) is 0 Å². The van der Waals surface area contributed by atoms with Crippen molar-refractivity contribution >= 4 is 0 Å². The third-order valence-corrected chi connectivity index (χ3v) is 1.58. The number of unbranched alkanes of at least 4 members (excludes halogenated alkanes) is 1. The van der Waals surface area contributed by atoms with E-state index in [0.717, 1.165) is 19.4 Å². The van der Waals surface area contributed by atoms with Gasteiger partial charge < -0.3 is 5.73 Å². The predicted octanol–water partition coefficient (Wildman–Crippen LogP) is 2.47. The molecule has 0 saturated heterocycles. The van der Waals surface area contributed by atoms with Gasteiger partial charge in [0, 0.05) is 0 Å². The quantitative estimate of drug-likeness (QED) is 0.462. The van der Waals surface area contributed by atoms with E-state index in [0.29, 0.717) is 0 Å². The summed E-state index contributed by atoms with van der Waals surface area (Å²) in [5, 5.41) is 0. The molecule has 0 aliphatic heterocycles. The average Bonchev–Trinajstić information content (AvgIpc) is 1.89. The van der Waals surface area contributed by atoms with E-state index in [1.807, 2.05) is 0 Å². The van der Waals surface area contributed by atoms with Crippen LogP contribution in [0.5, 0.6) is 0 Å². The zero-order chi connectivity index (χ0) is 7.82. The lowest BCUT2D eigenvalue weighted by atomic mass is 10.1. The highest BCUT2D eigenvalue weighted by atomic mass is 14.5. The van der Waals surface area contributed by atoms with Crippen molar-refractivity contribution in [2.24, 2.45) is 5.73 Å². The van der Waals surface area contributed by atoms with Crippen LogP contribution in [0.25, 0.3) is 0 Å². The molecule has 60 valence electrons. The minimum absolute atomic E-state index is 0.833. The fourth-order valence-electron chi connectivity index (χ4n) is 0.999. The molecule has 0 saturated carbocycles. The fraction of sp³-hybridized carbons (Fsp3) is 0.778. The molecule has 0 unspecified atom stereocenters. The molecule has 10 heavy (non-hydrogen) atoms. The Morgan fingerprint density at radius 3 is 2.60 bits per heavy atom. The lowest BCUT2D eigenvalue weighted by Gasteiger charge is -1.98. The van der Waals surface area contributed by atoms with Gasteiger partial charge in [0.2, 0.25) is 0 Å². The maximum Gasteiger partial charge on any atom is -0.00772 e. The number of nitrogens with two attached hydrogens (primary N) is 1. The van der Waals surface area contributed by atoms with Gasteiger partial charge in [0.15, 0.2) is 0 Å². The molecule has 0 bridgehead atoms. The summed E-state index contributed by atoms with van der Waals surface area (Å²) in [6.45, 7) is 5.20. The largest absolute Gasteiger partial charge is 0.330 e. The lowest BCUT2D eigenvalue weighted by Crippen LogP contribution is -1.97. The molecule has 0 aromatic heterocycles. The van der Waals surface area contributed by atoms with Crippen LogP contribution in [0.3, 0.4) is 0 Å². The molecule has 0 amide bonds. The summed E-state index contributed by atoms with van der Waals surface area (Å²) in [7, 11) is 0. The normalized spacial score (nSPS) is 12.1. The zero-order valence-electron chi connectivity index (χ0n) is 7.19. The van der Waals surface area contributed by atoms with E-state index >= 15 is 0 Å². The van der Waals surface area contributed by atoms with Gasteiger partial charge in [-0.1, -0.05) is 18.6 Å². The molecular weight excluding hydrogens is 122 g/mol. The Labute approximate surface area is 64.3 Å². The Kier molecular flexibility index (Phi) is 6.61. The van der Waals surface area contributed by atoms with E-state index in [4.69, 9.17) is 5.73 Å². The standard InChI is InChI=1S/C9H19N/c1-3-6-9(2)7-4-5-8-10/h6H,3-5,7-8,10H2,1-2H3/b9-6-.